The molecule has 0 unspecified atom stereocenters. The Balaban J connectivity index is 1.62. The number of fused-ring (bicyclic) bond motifs is 1. The first-order valence-corrected chi connectivity index (χ1v) is 8.56. The van der Waals surface area contributed by atoms with Crippen molar-refractivity contribution in [2.45, 2.75) is 56.8 Å². The summed E-state index contributed by atoms with van der Waals surface area (Å²) in [7, 11) is 0. The summed E-state index contributed by atoms with van der Waals surface area (Å²) >= 11 is 0. The zero-order valence-corrected chi connectivity index (χ0v) is 13.2. The second kappa shape index (κ2) is 4.56. The van der Waals surface area contributed by atoms with E-state index < -0.39 is 0 Å². The Morgan fingerprint density at radius 1 is 1.43 bits per heavy atom. The van der Waals surface area contributed by atoms with Crippen LogP contribution in [0.5, 0.6) is 0 Å². The van der Waals surface area contributed by atoms with Gasteiger partial charge in [0.1, 0.15) is 5.60 Å². The first-order valence-electron chi connectivity index (χ1n) is 8.56. The number of hydrogen-bond donors (Lipinski definition) is 1. The van der Waals surface area contributed by atoms with E-state index >= 15 is 0 Å². The molecule has 4 heteroatoms. The van der Waals surface area contributed by atoms with E-state index in [0.29, 0.717) is 12.0 Å². The molecule has 0 aliphatic carbocycles. The van der Waals surface area contributed by atoms with Gasteiger partial charge in [-0.2, -0.15) is 0 Å². The Hall–Kier alpha value is -0.870. The molecule has 3 atom stereocenters. The quantitative estimate of drug-likeness (QED) is 0.709. The molecule has 3 saturated heterocycles. The minimum Gasteiger partial charge on any atom is -0.361 e. The first kappa shape index (κ1) is 13.8. The fourth-order valence-corrected chi connectivity index (χ4v) is 5.27. The van der Waals surface area contributed by atoms with Gasteiger partial charge in [0.15, 0.2) is 0 Å². The maximum Gasteiger partial charge on any atom is 0.220 e. The van der Waals surface area contributed by atoms with Crippen LogP contribution in [0.1, 0.15) is 39.5 Å². The van der Waals surface area contributed by atoms with E-state index in [0.717, 1.165) is 32.2 Å². The van der Waals surface area contributed by atoms with Gasteiger partial charge in [-0.05, 0) is 25.7 Å². The van der Waals surface area contributed by atoms with Crippen molar-refractivity contribution in [3.8, 4) is 0 Å². The molecule has 2 spiro atoms. The number of hydrogen-bond acceptors (Lipinski definition) is 2. The van der Waals surface area contributed by atoms with Gasteiger partial charge in [0.25, 0.3) is 0 Å². The monoisotopic (exact) mass is 291 g/mol. The SMILES string of the molecule is CC[NH+]1CCC2(CC1)C[C@H]1C[C@H]3C=C[C@]1(CN2C(C)=O)O3. The van der Waals surface area contributed by atoms with Crippen molar-refractivity contribution in [2.24, 2.45) is 5.92 Å². The third-order valence-corrected chi connectivity index (χ3v) is 6.54. The number of nitrogens with one attached hydrogen (secondary N) is 1. The van der Waals surface area contributed by atoms with Crippen LogP contribution in [0.25, 0.3) is 0 Å². The molecule has 0 aromatic carbocycles. The summed E-state index contributed by atoms with van der Waals surface area (Å²) in [5.74, 6) is 0.849. The normalized spacial score (nSPS) is 47.9. The topological polar surface area (TPSA) is 34.0 Å². The molecule has 4 rings (SSSR count). The van der Waals surface area contributed by atoms with Crippen LogP contribution >= 0.6 is 0 Å². The van der Waals surface area contributed by atoms with Gasteiger partial charge in [-0.3, -0.25) is 4.79 Å². The van der Waals surface area contributed by atoms with Crippen molar-refractivity contribution >= 4 is 5.91 Å². The van der Waals surface area contributed by atoms with Gasteiger partial charge >= 0.3 is 0 Å². The smallest absolute Gasteiger partial charge is 0.220 e. The lowest BCUT2D eigenvalue weighted by Crippen LogP contribution is -3.13. The number of quaternary nitrogens is 1. The van der Waals surface area contributed by atoms with Crippen LogP contribution in [0.4, 0.5) is 0 Å². The molecular weight excluding hydrogens is 264 g/mol. The van der Waals surface area contributed by atoms with Crippen LogP contribution < -0.4 is 4.90 Å². The van der Waals surface area contributed by atoms with E-state index in [-0.39, 0.29) is 17.0 Å². The van der Waals surface area contributed by atoms with Crippen LogP contribution in [-0.2, 0) is 9.53 Å². The number of piperidine rings is 2. The van der Waals surface area contributed by atoms with Crippen molar-refractivity contribution in [1.82, 2.24) is 4.90 Å². The molecule has 0 saturated carbocycles. The molecular formula is C17H27N2O2+. The molecule has 116 valence electrons. The first-order chi connectivity index (χ1) is 10.1. The summed E-state index contributed by atoms with van der Waals surface area (Å²) in [6, 6.07) is 0. The standard InChI is InChI=1S/C17H26N2O2/c1-3-18-8-6-16(7-9-18)11-14-10-15-4-5-17(14,21-15)12-19(16)13(2)20/h4-5,14-15H,3,6-12H2,1-2H3/p+1/t14-,15-,17-/m1/s1. The number of carbonyl (C=O) groups is 1. The summed E-state index contributed by atoms with van der Waals surface area (Å²) in [6.45, 7) is 8.41. The molecule has 4 nitrogen and oxygen atoms in total. The molecule has 4 heterocycles. The van der Waals surface area contributed by atoms with Crippen LogP contribution in [-0.4, -0.2) is 54.2 Å². The van der Waals surface area contributed by atoms with Crippen LogP contribution in [0, 0.1) is 5.92 Å². The van der Waals surface area contributed by atoms with Crippen molar-refractivity contribution in [3.63, 3.8) is 0 Å². The lowest BCUT2D eigenvalue weighted by molar-refractivity contribution is -0.905. The molecule has 21 heavy (non-hydrogen) atoms. The molecule has 0 aromatic heterocycles. The van der Waals surface area contributed by atoms with Crippen molar-refractivity contribution in [3.05, 3.63) is 12.2 Å². The second-order valence-corrected chi connectivity index (χ2v) is 7.54. The Labute approximate surface area is 127 Å². The van der Waals surface area contributed by atoms with Gasteiger partial charge in [0, 0.05) is 19.8 Å². The zero-order chi connectivity index (χ0) is 14.7. The highest BCUT2D eigenvalue weighted by Gasteiger charge is 2.60. The summed E-state index contributed by atoms with van der Waals surface area (Å²) in [5, 5.41) is 0. The number of carbonyl (C=O) groups excluding carboxylic acids is 1. The van der Waals surface area contributed by atoms with Crippen molar-refractivity contribution < 1.29 is 14.4 Å². The Morgan fingerprint density at radius 3 is 2.81 bits per heavy atom. The highest BCUT2D eigenvalue weighted by molar-refractivity contribution is 5.74. The minimum absolute atomic E-state index is 0.113. The predicted molar refractivity (Wildman–Crippen MR) is 80.1 cm³/mol. The van der Waals surface area contributed by atoms with Crippen molar-refractivity contribution in [2.75, 3.05) is 26.2 Å². The molecule has 0 radical (unpaired) electrons. The Morgan fingerprint density at radius 2 is 2.19 bits per heavy atom. The van der Waals surface area contributed by atoms with E-state index in [2.05, 4.69) is 24.0 Å². The summed E-state index contributed by atoms with van der Waals surface area (Å²) < 4.78 is 6.21. The Bertz CT molecular complexity index is 481. The summed E-state index contributed by atoms with van der Waals surface area (Å²) in [4.78, 5) is 16.2. The fraction of sp³-hybridized carbons (Fsp3) is 0.824. The van der Waals surface area contributed by atoms with Gasteiger partial charge < -0.3 is 14.5 Å². The molecule has 4 aliphatic heterocycles. The average Bonchev–Trinajstić information content (AvgIpc) is 3.03. The second-order valence-electron chi connectivity index (χ2n) is 7.54. The third-order valence-electron chi connectivity index (χ3n) is 6.54. The number of ether oxygens (including phenoxy) is 1. The molecule has 2 bridgehead atoms. The van der Waals surface area contributed by atoms with Crippen LogP contribution in [0.3, 0.4) is 0 Å². The highest BCUT2D eigenvalue weighted by Crippen LogP contribution is 2.53. The molecule has 4 aliphatic rings. The van der Waals surface area contributed by atoms with E-state index in [1.807, 2.05) is 0 Å². The lowest BCUT2D eigenvalue weighted by atomic mass is 9.67. The molecule has 3 fully saturated rings. The Kier molecular flexibility index (Phi) is 2.99. The molecule has 0 aromatic rings. The van der Waals surface area contributed by atoms with E-state index in [9.17, 15) is 4.79 Å². The largest absolute Gasteiger partial charge is 0.361 e. The summed E-state index contributed by atoms with van der Waals surface area (Å²) in [5.41, 5.74) is -0.0432. The van der Waals surface area contributed by atoms with Crippen LogP contribution in [0.15, 0.2) is 12.2 Å². The highest BCUT2D eigenvalue weighted by atomic mass is 16.5. The molecule has 1 amide bonds. The zero-order valence-electron chi connectivity index (χ0n) is 13.2. The number of likely N-dealkylation sites (tertiary alicyclic amines) is 2. The van der Waals surface area contributed by atoms with Gasteiger partial charge in [-0.15, -0.1) is 0 Å². The van der Waals surface area contributed by atoms with E-state index in [4.69, 9.17) is 4.74 Å². The minimum atomic E-state index is -0.156. The van der Waals surface area contributed by atoms with E-state index in [1.54, 1.807) is 11.8 Å². The van der Waals surface area contributed by atoms with Gasteiger partial charge in [-0.25, -0.2) is 0 Å². The van der Waals surface area contributed by atoms with Crippen molar-refractivity contribution in [1.29, 1.82) is 0 Å². The van der Waals surface area contributed by atoms with Gasteiger partial charge in [0.05, 0.1) is 37.8 Å². The maximum atomic E-state index is 12.3. The summed E-state index contributed by atoms with van der Waals surface area (Å²) in [6.07, 6.45) is 9.39. The number of rotatable bonds is 1. The van der Waals surface area contributed by atoms with Gasteiger partial charge in [0.2, 0.25) is 5.91 Å². The van der Waals surface area contributed by atoms with Gasteiger partial charge in [-0.1, -0.05) is 12.2 Å². The van der Waals surface area contributed by atoms with Crippen LogP contribution in [0.2, 0.25) is 0 Å². The number of nitrogens with zero attached hydrogens (tertiary/aromatic N) is 1. The average molecular weight is 291 g/mol. The third kappa shape index (κ3) is 1.92. The maximum absolute atomic E-state index is 12.3. The number of amides is 1. The fourth-order valence-electron chi connectivity index (χ4n) is 5.27. The predicted octanol–water partition coefficient (Wildman–Crippen LogP) is 0.390. The molecule has 1 N–H and O–H groups in total. The lowest BCUT2D eigenvalue weighted by Gasteiger charge is -2.55. The van der Waals surface area contributed by atoms with E-state index in [1.165, 1.54) is 19.6 Å².